The second-order valence-electron chi connectivity index (χ2n) is 7.70. The number of aryl methyl sites for hydroxylation is 2. The summed E-state index contributed by atoms with van der Waals surface area (Å²) in [5.41, 5.74) is 2.67. The van der Waals surface area contributed by atoms with Crippen LogP contribution in [0.3, 0.4) is 0 Å². The molecule has 0 bridgehead atoms. The van der Waals surface area contributed by atoms with E-state index in [1.54, 1.807) is 22.9 Å². The molecule has 2 aromatic heterocycles. The summed E-state index contributed by atoms with van der Waals surface area (Å²) < 4.78 is 14.2. The van der Waals surface area contributed by atoms with Crippen molar-refractivity contribution in [2.24, 2.45) is 0 Å². The van der Waals surface area contributed by atoms with Gasteiger partial charge in [0.15, 0.2) is 5.76 Å². The molecule has 1 N–H and O–H groups in total. The van der Waals surface area contributed by atoms with E-state index in [4.69, 9.17) is 9.15 Å². The van der Waals surface area contributed by atoms with Gasteiger partial charge in [-0.2, -0.15) is 5.10 Å². The highest BCUT2D eigenvalue weighted by Gasteiger charge is 2.17. The van der Waals surface area contributed by atoms with E-state index in [2.05, 4.69) is 26.3 Å². The molecule has 2 heterocycles. The molecule has 0 aliphatic carbocycles. The maximum atomic E-state index is 12.8. The number of nitrogens with zero attached hydrogens (tertiary/aromatic N) is 3. The van der Waals surface area contributed by atoms with Crippen molar-refractivity contribution in [2.75, 3.05) is 5.32 Å². The molecule has 0 unspecified atom stereocenters. The molecule has 0 saturated heterocycles. The highest BCUT2D eigenvalue weighted by atomic mass is 79.9. The zero-order valence-electron chi connectivity index (χ0n) is 18.7. The lowest BCUT2D eigenvalue weighted by Gasteiger charge is -2.10. The Kier molecular flexibility index (Phi) is 6.51. The number of furan rings is 1. The number of anilines is 1. The SMILES string of the molecule is Cc1ccccc1Oc1cc(NC(=O)c2ccc(Cn3nc(C)c(Br)c3C)o2)cc([N+](=O)[O-])c1. The summed E-state index contributed by atoms with van der Waals surface area (Å²) in [6.45, 7) is 6.05. The molecule has 4 aromatic rings. The van der Waals surface area contributed by atoms with Gasteiger partial charge in [0, 0.05) is 12.1 Å². The lowest BCUT2D eigenvalue weighted by atomic mass is 10.2. The first-order valence-electron chi connectivity index (χ1n) is 10.3. The Morgan fingerprint density at radius 3 is 2.62 bits per heavy atom. The van der Waals surface area contributed by atoms with Crippen LogP contribution in [0.15, 0.2) is 63.5 Å². The van der Waals surface area contributed by atoms with Crippen LogP contribution in [0.25, 0.3) is 0 Å². The summed E-state index contributed by atoms with van der Waals surface area (Å²) in [5, 5.41) is 18.5. The number of nitro groups is 1. The number of nitro benzene ring substituents is 1. The maximum absolute atomic E-state index is 12.8. The van der Waals surface area contributed by atoms with E-state index in [1.165, 1.54) is 18.2 Å². The second kappa shape index (κ2) is 9.52. The van der Waals surface area contributed by atoms with Gasteiger partial charge in [-0.05, 0) is 60.5 Å². The van der Waals surface area contributed by atoms with E-state index in [1.807, 2.05) is 39.0 Å². The summed E-state index contributed by atoms with van der Waals surface area (Å²) in [7, 11) is 0. The highest BCUT2D eigenvalue weighted by molar-refractivity contribution is 9.10. The predicted octanol–water partition coefficient (Wildman–Crippen LogP) is 6.16. The van der Waals surface area contributed by atoms with Crippen molar-refractivity contribution in [2.45, 2.75) is 27.3 Å². The normalized spacial score (nSPS) is 10.8. The molecule has 9 nitrogen and oxygen atoms in total. The molecule has 10 heteroatoms. The number of non-ortho nitro benzene ring substituents is 1. The van der Waals surface area contributed by atoms with Crippen LogP contribution >= 0.6 is 15.9 Å². The number of ether oxygens (including phenoxy) is 1. The molecular weight excluding hydrogens is 504 g/mol. The van der Waals surface area contributed by atoms with Gasteiger partial charge >= 0.3 is 0 Å². The number of carbonyl (C=O) groups is 1. The van der Waals surface area contributed by atoms with E-state index in [-0.39, 0.29) is 22.9 Å². The third-order valence-corrected chi connectivity index (χ3v) is 6.31. The zero-order chi connectivity index (χ0) is 24.4. The van der Waals surface area contributed by atoms with E-state index < -0.39 is 10.8 Å². The highest BCUT2D eigenvalue weighted by Crippen LogP contribution is 2.31. The molecule has 174 valence electrons. The van der Waals surface area contributed by atoms with Gasteiger partial charge in [-0.25, -0.2) is 0 Å². The molecule has 34 heavy (non-hydrogen) atoms. The van der Waals surface area contributed by atoms with E-state index >= 15 is 0 Å². The predicted molar refractivity (Wildman–Crippen MR) is 130 cm³/mol. The fourth-order valence-electron chi connectivity index (χ4n) is 3.37. The van der Waals surface area contributed by atoms with Gasteiger partial charge in [0.05, 0.1) is 39.1 Å². The second-order valence-corrected chi connectivity index (χ2v) is 8.50. The molecule has 0 spiro atoms. The first-order chi connectivity index (χ1) is 16.2. The van der Waals surface area contributed by atoms with Gasteiger partial charge in [-0.1, -0.05) is 18.2 Å². The van der Waals surface area contributed by atoms with Crippen molar-refractivity contribution in [1.29, 1.82) is 0 Å². The smallest absolute Gasteiger partial charge is 0.291 e. The topological polar surface area (TPSA) is 112 Å². The summed E-state index contributed by atoms with van der Waals surface area (Å²) in [6.07, 6.45) is 0. The number of hydrogen-bond donors (Lipinski definition) is 1. The van der Waals surface area contributed by atoms with E-state index in [0.29, 0.717) is 18.1 Å². The number of amides is 1. The number of nitrogens with one attached hydrogen (secondary N) is 1. The standard InChI is InChI=1S/C24H21BrN4O5/c1-14-6-4-5-7-21(14)34-20-11-17(10-18(12-20)29(31)32)26-24(30)22-9-8-19(33-22)13-28-16(3)23(25)15(2)27-28/h4-12H,13H2,1-3H3,(H,26,30). The van der Waals surface area contributed by atoms with Crippen LogP contribution in [-0.2, 0) is 6.54 Å². The van der Waals surface area contributed by atoms with Crippen LogP contribution < -0.4 is 10.1 Å². The lowest BCUT2D eigenvalue weighted by Crippen LogP contribution is -2.11. The number of rotatable bonds is 7. The number of para-hydroxylation sites is 1. The van der Waals surface area contributed by atoms with Crippen molar-refractivity contribution < 1.29 is 18.9 Å². The first-order valence-corrected chi connectivity index (χ1v) is 11.1. The van der Waals surface area contributed by atoms with Crippen LogP contribution in [-0.4, -0.2) is 20.6 Å². The largest absolute Gasteiger partial charge is 0.457 e. The number of carbonyl (C=O) groups excluding carboxylic acids is 1. The van der Waals surface area contributed by atoms with Crippen molar-refractivity contribution in [3.05, 3.63) is 97.7 Å². The number of aromatic nitrogens is 2. The molecule has 0 fully saturated rings. The molecule has 4 rings (SSSR count). The summed E-state index contributed by atoms with van der Waals surface area (Å²) >= 11 is 3.49. The molecule has 0 aliphatic rings. The fraction of sp³-hybridized carbons (Fsp3) is 0.167. The lowest BCUT2D eigenvalue weighted by molar-refractivity contribution is -0.384. The minimum absolute atomic E-state index is 0.0727. The van der Waals surface area contributed by atoms with E-state index in [9.17, 15) is 14.9 Å². The third-order valence-electron chi connectivity index (χ3n) is 5.17. The van der Waals surface area contributed by atoms with Crippen LogP contribution in [0.2, 0.25) is 0 Å². The Hall–Kier alpha value is -3.92. The summed E-state index contributed by atoms with van der Waals surface area (Å²) in [6, 6.07) is 14.6. The molecular formula is C24H21BrN4O5. The van der Waals surface area contributed by atoms with Gasteiger partial charge in [0.2, 0.25) is 0 Å². The molecule has 2 aromatic carbocycles. The quantitative estimate of drug-likeness (QED) is 0.228. The van der Waals surface area contributed by atoms with Gasteiger partial charge < -0.3 is 14.5 Å². The van der Waals surface area contributed by atoms with Crippen molar-refractivity contribution >= 4 is 33.2 Å². The average molecular weight is 525 g/mol. The molecule has 0 saturated carbocycles. The van der Waals surface area contributed by atoms with Gasteiger partial charge in [0.1, 0.15) is 17.3 Å². The third kappa shape index (κ3) is 5.01. The van der Waals surface area contributed by atoms with Crippen molar-refractivity contribution in [3.8, 4) is 11.5 Å². The zero-order valence-corrected chi connectivity index (χ0v) is 20.3. The van der Waals surface area contributed by atoms with Crippen LogP contribution in [0, 0.1) is 30.9 Å². The number of hydrogen-bond acceptors (Lipinski definition) is 6. The van der Waals surface area contributed by atoms with Gasteiger partial charge in [-0.15, -0.1) is 0 Å². The van der Waals surface area contributed by atoms with E-state index in [0.717, 1.165) is 21.4 Å². The maximum Gasteiger partial charge on any atom is 0.291 e. The molecule has 0 atom stereocenters. The van der Waals surface area contributed by atoms with Gasteiger partial charge in [-0.3, -0.25) is 19.6 Å². The Morgan fingerprint density at radius 1 is 1.18 bits per heavy atom. The Balaban J connectivity index is 1.53. The van der Waals surface area contributed by atoms with Crippen LogP contribution in [0.4, 0.5) is 11.4 Å². The summed E-state index contributed by atoms with van der Waals surface area (Å²) in [5.74, 6) is 0.873. The average Bonchev–Trinajstić information content (AvgIpc) is 3.36. The fourth-order valence-corrected chi connectivity index (χ4v) is 3.66. The summed E-state index contributed by atoms with van der Waals surface area (Å²) in [4.78, 5) is 23.6. The van der Waals surface area contributed by atoms with Gasteiger partial charge in [0.25, 0.3) is 11.6 Å². The molecule has 0 aliphatic heterocycles. The molecule has 0 radical (unpaired) electrons. The Labute approximate surface area is 203 Å². The van der Waals surface area contributed by atoms with Crippen LogP contribution in [0.5, 0.6) is 11.5 Å². The number of halogens is 1. The van der Waals surface area contributed by atoms with Crippen molar-refractivity contribution in [1.82, 2.24) is 9.78 Å². The number of benzene rings is 2. The molecule has 1 amide bonds. The Morgan fingerprint density at radius 2 is 1.94 bits per heavy atom. The van der Waals surface area contributed by atoms with Crippen LogP contribution in [0.1, 0.15) is 33.3 Å². The monoisotopic (exact) mass is 524 g/mol. The minimum Gasteiger partial charge on any atom is -0.457 e. The minimum atomic E-state index is -0.544. The van der Waals surface area contributed by atoms with Crippen molar-refractivity contribution in [3.63, 3.8) is 0 Å². The first kappa shape index (κ1) is 23.2. The Bertz CT molecular complexity index is 1390.